The molecule has 16 heavy (non-hydrogen) atoms. The van der Waals surface area contributed by atoms with Gasteiger partial charge in [-0.3, -0.25) is 9.69 Å². The summed E-state index contributed by atoms with van der Waals surface area (Å²) in [5.74, 6) is -0.909. The highest BCUT2D eigenvalue weighted by Crippen LogP contribution is 2.03. The number of aliphatic carboxylic acids is 1. The van der Waals surface area contributed by atoms with Crippen molar-refractivity contribution in [3.63, 3.8) is 0 Å². The summed E-state index contributed by atoms with van der Waals surface area (Å²) >= 11 is 0. The zero-order chi connectivity index (χ0) is 12.0. The molecular formula is C9H16N2O5. The van der Waals surface area contributed by atoms with Crippen LogP contribution in [0, 0.1) is 0 Å². The Bertz CT molecular complexity index is 258. The molecule has 1 unspecified atom stereocenters. The minimum Gasteiger partial charge on any atom is -0.480 e. The molecule has 0 spiro atoms. The Hall–Kier alpha value is -1.34. The van der Waals surface area contributed by atoms with E-state index in [4.69, 9.17) is 14.6 Å². The van der Waals surface area contributed by atoms with Crippen LogP contribution in [-0.2, 0) is 14.3 Å². The van der Waals surface area contributed by atoms with Crippen LogP contribution in [0.1, 0.15) is 0 Å². The number of hydrogen-bond donors (Lipinski definition) is 2. The third-order valence-corrected chi connectivity index (χ3v) is 2.18. The summed E-state index contributed by atoms with van der Waals surface area (Å²) in [6.07, 6.45) is -0.740. The Balaban J connectivity index is 2.36. The molecule has 0 radical (unpaired) electrons. The molecule has 7 heteroatoms. The molecule has 1 atom stereocenters. The fraction of sp³-hybridized carbons (Fsp3) is 0.778. The number of carboxylic acid groups (broad SMARTS) is 1. The first-order chi connectivity index (χ1) is 7.61. The molecule has 1 rings (SSSR count). The molecule has 1 aliphatic rings. The lowest BCUT2D eigenvalue weighted by Crippen LogP contribution is -2.39. The SMILES string of the molecule is COCCN(CC(=O)O)CC1CNC(=O)O1. The maximum atomic E-state index is 10.8. The molecule has 0 aromatic rings. The minimum atomic E-state index is -0.909. The lowest BCUT2D eigenvalue weighted by Gasteiger charge is -2.21. The Morgan fingerprint density at radius 3 is 3.00 bits per heavy atom. The molecule has 1 aliphatic heterocycles. The van der Waals surface area contributed by atoms with Crippen molar-refractivity contribution in [3.8, 4) is 0 Å². The van der Waals surface area contributed by atoms with Gasteiger partial charge < -0.3 is 19.9 Å². The number of alkyl carbamates (subject to hydrolysis) is 1. The van der Waals surface area contributed by atoms with Gasteiger partial charge in [-0.2, -0.15) is 0 Å². The fourth-order valence-corrected chi connectivity index (χ4v) is 1.47. The summed E-state index contributed by atoms with van der Waals surface area (Å²) < 4.78 is 9.81. The van der Waals surface area contributed by atoms with Crippen LogP contribution < -0.4 is 5.32 Å². The van der Waals surface area contributed by atoms with Gasteiger partial charge in [0.25, 0.3) is 0 Å². The summed E-state index contributed by atoms with van der Waals surface area (Å²) in [6.45, 7) is 1.67. The fourth-order valence-electron chi connectivity index (χ4n) is 1.47. The number of nitrogens with zero attached hydrogens (tertiary/aromatic N) is 1. The number of methoxy groups -OCH3 is 1. The van der Waals surface area contributed by atoms with E-state index in [0.717, 1.165) is 0 Å². The Morgan fingerprint density at radius 2 is 2.50 bits per heavy atom. The molecule has 92 valence electrons. The van der Waals surface area contributed by atoms with E-state index >= 15 is 0 Å². The van der Waals surface area contributed by atoms with Gasteiger partial charge in [0.05, 0.1) is 19.7 Å². The van der Waals surface area contributed by atoms with Crippen LogP contribution >= 0.6 is 0 Å². The number of rotatable bonds is 7. The molecule has 1 heterocycles. The third-order valence-electron chi connectivity index (χ3n) is 2.18. The highest BCUT2D eigenvalue weighted by atomic mass is 16.6. The van der Waals surface area contributed by atoms with Crippen molar-refractivity contribution in [1.82, 2.24) is 10.2 Å². The highest BCUT2D eigenvalue weighted by Gasteiger charge is 2.25. The van der Waals surface area contributed by atoms with Crippen LogP contribution in [0.25, 0.3) is 0 Å². The average Bonchev–Trinajstić information content (AvgIpc) is 2.59. The molecular weight excluding hydrogens is 216 g/mol. The van der Waals surface area contributed by atoms with Crippen LogP contribution in [0.4, 0.5) is 4.79 Å². The van der Waals surface area contributed by atoms with Gasteiger partial charge in [0.1, 0.15) is 6.10 Å². The average molecular weight is 232 g/mol. The Kier molecular flexibility index (Phi) is 5.00. The summed E-state index contributed by atoms with van der Waals surface area (Å²) in [7, 11) is 1.55. The quantitative estimate of drug-likeness (QED) is 0.593. The maximum absolute atomic E-state index is 10.8. The molecule has 7 nitrogen and oxygen atoms in total. The topological polar surface area (TPSA) is 88.1 Å². The van der Waals surface area contributed by atoms with Gasteiger partial charge in [-0.05, 0) is 0 Å². The van der Waals surface area contributed by atoms with E-state index < -0.39 is 12.1 Å². The molecule has 1 amide bonds. The largest absolute Gasteiger partial charge is 0.480 e. The summed E-state index contributed by atoms with van der Waals surface area (Å²) in [6, 6.07) is 0. The van der Waals surface area contributed by atoms with E-state index in [2.05, 4.69) is 5.32 Å². The standard InChI is InChI=1S/C9H16N2O5/c1-15-3-2-11(6-8(12)13)5-7-4-10-9(14)16-7/h7H,2-6H2,1H3,(H,10,14)(H,12,13). The van der Waals surface area contributed by atoms with Crippen molar-refractivity contribution in [3.05, 3.63) is 0 Å². The number of carboxylic acids is 1. The Morgan fingerprint density at radius 1 is 1.75 bits per heavy atom. The first-order valence-corrected chi connectivity index (χ1v) is 4.99. The van der Waals surface area contributed by atoms with Crippen LogP contribution in [-0.4, -0.2) is 68.1 Å². The van der Waals surface area contributed by atoms with Crippen molar-refractivity contribution >= 4 is 12.1 Å². The van der Waals surface area contributed by atoms with Gasteiger partial charge >= 0.3 is 12.1 Å². The summed E-state index contributed by atoms with van der Waals surface area (Å²) in [5, 5.41) is 11.2. The lowest BCUT2D eigenvalue weighted by atomic mass is 10.3. The van der Waals surface area contributed by atoms with E-state index in [9.17, 15) is 9.59 Å². The van der Waals surface area contributed by atoms with Crippen LogP contribution in [0.2, 0.25) is 0 Å². The molecule has 0 aromatic heterocycles. The second-order valence-corrected chi connectivity index (χ2v) is 3.53. The zero-order valence-electron chi connectivity index (χ0n) is 9.14. The van der Waals surface area contributed by atoms with Crippen molar-refractivity contribution < 1.29 is 24.2 Å². The summed E-state index contributed by atoms with van der Waals surface area (Å²) in [5.41, 5.74) is 0. The number of amides is 1. The normalized spacial score (nSPS) is 19.6. The van der Waals surface area contributed by atoms with E-state index in [1.165, 1.54) is 0 Å². The van der Waals surface area contributed by atoms with Crippen LogP contribution in [0.3, 0.4) is 0 Å². The summed E-state index contributed by atoms with van der Waals surface area (Å²) in [4.78, 5) is 23.1. The number of cyclic esters (lactones) is 1. The molecule has 0 saturated carbocycles. The smallest absolute Gasteiger partial charge is 0.407 e. The highest BCUT2D eigenvalue weighted by molar-refractivity contribution is 5.70. The number of ether oxygens (including phenoxy) is 2. The first kappa shape index (κ1) is 12.7. The number of carbonyl (C=O) groups excluding carboxylic acids is 1. The molecule has 1 saturated heterocycles. The second kappa shape index (κ2) is 6.29. The Labute approximate surface area is 93.3 Å². The van der Waals surface area contributed by atoms with Gasteiger partial charge in [0.2, 0.25) is 0 Å². The van der Waals surface area contributed by atoms with Crippen LogP contribution in [0.5, 0.6) is 0 Å². The zero-order valence-corrected chi connectivity index (χ0v) is 9.14. The first-order valence-electron chi connectivity index (χ1n) is 4.99. The monoisotopic (exact) mass is 232 g/mol. The van der Waals surface area contributed by atoms with Crippen molar-refractivity contribution in [1.29, 1.82) is 0 Å². The molecule has 0 aromatic carbocycles. The van der Waals surface area contributed by atoms with Gasteiger partial charge in [0, 0.05) is 20.2 Å². The van der Waals surface area contributed by atoms with Gasteiger partial charge in [-0.1, -0.05) is 0 Å². The van der Waals surface area contributed by atoms with E-state index in [0.29, 0.717) is 26.2 Å². The van der Waals surface area contributed by atoms with Crippen LogP contribution in [0.15, 0.2) is 0 Å². The van der Waals surface area contributed by atoms with E-state index in [-0.39, 0.29) is 12.6 Å². The second-order valence-electron chi connectivity index (χ2n) is 3.53. The van der Waals surface area contributed by atoms with Crippen molar-refractivity contribution in [2.75, 3.05) is 39.9 Å². The van der Waals surface area contributed by atoms with Crippen molar-refractivity contribution in [2.24, 2.45) is 0 Å². The van der Waals surface area contributed by atoms with Gasteiger partial charge in [-0.25, -0.2) is 4.79 Å². The predicted molar refractivity (Wildman–Crippen MR) is 54.2 cm³/mol. The molecule has 0 bridgehead atoms. The van der Waals surface area contributed by atoms with Crippen molar-refractivity contribution in [2.45, 2.75) is 6.10 Å². The number of nitrogens with one attached hydrogen (secondary N) is 1. The maximum Gasteiger partial charge on any atom is 0.407 e. The van der Waals surface area contributed by atoms with Gasteiger partial charge in [0.15, 0.2) is 0 Å². The third kappa shape index (κ3) is 4.45. The molecule has 1 fully saturated rings. The molecule has 2 N–H and O–H groups in total. The number of hydrogen-bond acceptors (Lipinski definition) is 5. The van der Waals surface area contributed by atoms with E-state index in [1.54, 1.807) is 12.0 Å². The molecule has 0 aliphatic carbocycles. The lowest BCUT2D eigenvalue weighted by molar-refractivity contribution is -0.138. The predicted octanol–water partition coefficient (Wildman–Crippen LogP) is -0.872. The number of carbonyl (C=O) groups is 2. The van der Waals surface area contributed by atoms with Gasteiger partial charge in [-0.15, -0.1) is 0 Å². The van der Waals surface area contributed by atoms with E-state index in [1.807, 2.05) is 0 Å². The minimum absolute atomic E-state index is 0.0859.